The van der Waals surface area contributed by atoms with Gasteiger partial charge in [0.2, 0.25) is 5.91 Å². The maximum atomic E-state index is 12.4. The lowest BCUT2D eigenvalue weighted by atomic mass is 10.2. The predicted molar refractivity (Wildman–Crippen MR) is 94.2 cm³/mol. The highest BCUT2D eigenvalue weighted by Crippen LogP contribution is 2.27. The summed E-state index contributed by atoms with van der Waals surface area (Å²) in [5.74, 6) is 0.162. The van der Waals surface area contributed by atoms with Crippen molar-refractivity contribution in [3.63, 3.8) is 0 Å². The third-order valence-corrected chi connectivity index (χ3v) is 4.19. The third-order valence-electron chi connectivity index (χ3n) is 3.90. The number of hydrogen-bond donors (Lipinski definition) is 1. The van der Waals surface area contributed by atoms with Gasteiger partial charge in [-0.15, -0.1) is 0 Å². The number of methoxy groups -OCH3 is 1. The van der Waals surface area contributed by atoms with Crippen molar-refractivity contribution in [2.75, 3.05) is 38.6 Å². The van der Waals surface area contributed by atoms with E-state index in [0.717, 1.165) is 0 Å². The summed E-state index contributed by atoms with van der Waals surface area (Å²) in [6.07, 6.45) is 1.36. The zero-order valence-corrected chi connectivity index (χ0v) is 14.8. The fourth-order valence-electron chi connectivity index (χ4n) is 2.45. The number of piperazine rings is 1. The van der Waals surface area contributed by atoms with Gasteiger partial charge in [0.1, 0.15) is 17.4 Å². The van der Waals surface area contributed by atoms with Crippen LogP contribution in [0.5, 0.6) is 5.75 Å². The number of hydrogen-bond acceptors (Lipinski definition) is 5. The quantitative estimate of drug-likeness (QED) is 0.652. The molecule has 0 aliphatic carbocycles. The lowest BCUT2D eigenvalue weighted by molar-refractivity contribution is -0.136. The molecule has 0 spiro atoms. The molecule has 0 saturated carbocycles. The van der Waals surface area contributed by atoms with Crippen LogP contribution in [0.4, 0.5) is 5.69 Å². The first-order valence-corrected chi connectivity index (χ1v) is 8.09. The van der Waals surface area contributed by atoms with Gasteiger partial charge in [-0.25, -0.2) is 0 Å². The van der Waals surface area contributed by atoms with Crippen LogP contribution in [-0.2, 0) is 9.59 Å². The second-order valence-corrected chi connectivity index (χ2v) is 5.87. The Kier molecular flexibility index (Phi) is 6.25. The summed E-state index contributed by atoms with van der Waals surface area (Å²) in [7, 11) is 1.52. The summed E-state index contributed by atoms with van der Waals surface area (Å²) < 4.78 is 5.07. The molecule has 1 aromatic rings. The average Bonchev–Trinajstić information content (AvgIpc) is 2.62. The van der Waals surface area contributed by atoms with E-state index < -0.39 is 0 Å². The van der Waals surface area contributed by atoms with E-state index in [1.807, 2.05) is 6.07 Å². The molecule has 1 aliphatic rings. The van der Waals surface area contributed by atoms with E-state index in [2.05, 4.69) is 5.32 Å². The molecular formula is C17H19ClN4O3. The Balaban J connectivity index is 2.02. The topological polar surface area (TPSA) is 85.7 Å². The standard InChI is InChI=1S/C17H19ClN4O3/c1-12(23)21-5-7-22(8-6-21)17(24)13(10-19)11-20-14-3-4-16(25-2)15(18)9-14/h3-4,9,11,20H,5-8H2,1-2H3/b13-11-. The van der Waals surface area contributed by atoms with Crippen molar-refractivity contribution in [3.8, 4) is 11.8 Å². The number of carbonyl (C=O) groups excluding carboxylic acids is 2. The molecule has 0 aromatic heterocycles. The lowest BCUT2D eigenvalue weighted by Gasteiger charge is -2.34. The Morgan fingerprint density at radius 3 is 2.44 bits per heavy atom. The molecule has 0 atom stereocenters. The van der Waals surface area contributed by atoms with E-state index in [9.17, 15) is 14.9 Å². The summed E-state index contributed by atoms with van der Waals surface area (Å²) in [6, 6.07) is 6.97. The van der Waals surface area contributed by atoms with Crippen LogP contribution in [0.15, 0.2) is 30.0 Å². The fraction of sp³-hybridized carbons (Fsp3) is 0.353. The van der Waals surface area contributed by atoms with Crippen molar-refractivity contribution >= 4 is 29.1 Å². The van der Waals surface area contributed by atoms with E-state index >= 15 is 0 Å². The molecule has 0 bridgehead atoms. The monoisotopic (exact) mass is 362 g/mol. The van der Waals surface area contributed by atoms with Crippen molar-refractivity contribution in [2.24, 2.45) is 0 Å². The van der Waals surface area contributed by atoms with Crippen molar-refractivity contribution < 1.29 is 14.3 Å². The first-order chi connectivity index (χ1) is 12.0. The summed E-state index contributed by atoms with van der Waals surface area (Å²) in [6.45, 7) is 3.27. The van der Waals surface area contributed by atoms with Gasteiger partial charge in [0, 0.05) is 45.0 Å². The van der Waals surface area contributed by atoms with Crippen molar-refractivity contribution in [1.29, 1.82) is 5.26 Å². The first-order valence-electron chi connectivity index (χ1n) is 7.71. The molecule has 8 heteroatoms. The highest BCUT2D eigenvalue weighted by atomic mass is 35.5. The van der Waals surface area contributed by atoms with E-state index in [1.165, 1.54) is 20.2 Å². The van der Waals surface area contributed by atoms with Crippen molar-refractivity contribution in [3.05, 3.63) is 35.0 Å². The first kappa shape index (κ1) is 18.6. The minimum atomic E-state index is -0.363. The molecule has 1 N–H and O–H groups in total. The molecule has 2 amide bonds. The van der Waals surface area contributed by atoms with Gasteiger partial charge in [-0.05, 0) is 18.2 Å². The van der Waals surface area contributed by atoms with Crippen LogP contribution in [0.2, 0.25) is 5.02 Å². The maximum absolute atomic E-state index is 12.4. The van der Waals surface area contributed by atoms with Crippen LogP contribution in [0, 0.1) is 11.3 Å². The predicted octanol–water partition coefficient (Wildman–Crippen LogP) is 1.86. The Bertz CT molecular complexity index is 734. The molecule has 25 heavy (non-hydrogen) atoms. The van der Waals surface area contributed by atoms with Gasteiger partial charge in [0.15, 0.2) is 0 Å². The molecule has 2 rings (SSSR count). The number of nitriles is 1. The molecule has 1 heterocycles. The molecule has 7 nitrogen and oxygen atoms in total. The minimum absolute atomic E-state index is 0.0109. The van der Waals surface area contributed by atoms with Crippen LogP contribution >= 0.6 is 11.6 Å². The number of anilines is 1. The number of benzene rings is 1. The Hall–Kier alpha value is -2.72. The zero-order valence-electron chi connectivity index (χ0n) is 14.1. The van der Waals surface area contributed by atoms with Gasteiger partial charge in [0.05, 0.1) is 12.1 Å². The number of nitrogens with one attached hydrogen (secondary N) is 1. The van der Waals surface area contributed by atoms with Gasteiger partial charge >= 0.3 is 0 Å². The Morgan fingerprint density at radius 2 is 1.92 bits per heavy atom. The maximum Gasteiger partial charge on any atom is 0.266 e. The molecule has 1 aliphatic heterocycles. The fourth-order valence-corrected chi connectivity index (χ4v) is 2.71. The highest BCUT2D eigenvalue weighted by Gasteiger charge is 2.24. The minimum Gasteiger partial charge on any atom is -0.495 e. The summed E-state index contributed by atoms with van der Waals surface area (Å²) in [5.41, 5.74) is 0.621. The molecular weight excluding hydrogens is 344 g/mol. The molecule has 0 unspecified atom stereocenters. The highest BCUT2D eigenvalue weighted by molar-refractivity contribution is 6.32. The average molecular weight is 363 g/mol. The smallest absolute Gasteiger partial charge is 0.266 e. The van der Waals surface area contributed by atoms with Gasteiger partial charge in [-0.2, -0.15) is 5.26 Å². The van der Waals surface area contributed by atoms with Gasteiger partial charge in [-0.1, -0.05) is 11.6 Å². The SMILES string of the molecule is COc1ccc(N/C=C(/C#N)C(=O)N2CCN(C(C)=O)CC2)cc1Cl. The van der Waals surface area contributed by atoms with Crippen LogP contribution < -0.4 is 10.1 Å². The molecule has 1 saturated heterocycles. The van der Waals surface area contributed by atoms with Crippen LogP contribution in [0.1, 0.15) is 6.92 Å². The van der Waals surface area contributed by atoms with Gasteiger partial charge in [0.25, 0.3) is 5.91 Å². The summed E-state index contributed by atoms with van der Waals surface area (Å²) in [4.78, 5) is 27.0. The van der Waals surface area contributed by atoms with E-state index in [-0.39, 0.29) is 17.4 Å². The Morgan fingerprint density at radius 1 is 1.28 bits per heavy atom. The number of carbonyl (C=O) groups is 2. The van der Waals surface area contributed by atoms with Crippen LogP contribution in [-0.4, -0.2) is 54.9 Å². The molecule has 1 aromatic carbocycles. The van der Waals surface area contributed by atoms with Crippen LogP contribution in [0.3, 0.4) is 0 Å². The normalized spacial score (nSPS) is 14.7. The molecule has 0 radical (unpaired) electrons. The number of ether oxygens (including phenoxy) is 1. The third kappa shape index (κ3) is 4.64. The summed E-state index contributed by atoms with van der Waals surface area (Å²) >= 11 is 6.04. The van der Waals surface area contributed by atoms with E-state index in [4.69, 9.17) is 16.3 Å². The summed E-state index contributed by atoms with van der Waals surface area (Å²) in [5, 5.41) is 12.6. The zero-order chi connectivity index (χ0) is 18.4. The van der Waals surface area contributed by atoms with Gasteiger partial charge < -0.3 is 19.9 Å². The number of halogens is 1. The second-order valence-electron chi connectivity index (χ2n) is 5.46. The van der Waals surface area contributed by atoms with E-state index in [1.54, 1.807) is 28.0 Å². The number of amides is 2. The van der Waals surface area contributed by atoms with E-state index in [0.29, 0.717) is 42.6 Å². The second kappa shape index (κ2) is 8.40. The van der Waals surface area contributed by atoms with Crippen LogP contribution in [0.25, 0.3) is 0 Å². The largest absolute Gasteiger partial charge is 0.495 e. The number of nitrogens with zero attached hydrogens (tertiary/aromatic N) is 3. The van der Waals surface area contributed by atoms with Crippen molar-refractivity contribution in [1.82, 2.24) is 9.80 Å². The molecule has 132 valence electrons. The van der Waals surface area contributed by atoms with Crippen molar-refractivity contribution in [2.45, 2.75) is 6.92 Å². The van der Waals surface area contributed by atoms with Gasteiger partial charge in [-0.3, -0.25) is 9.59 Å². The molecule has 1 fully saturated rings. The Labute approximate surface area is 151 Å². The lowest BCUT2D eigenvalue weighted by Crippen LogP contribution is -2.50. The number of rotatable bonds is 4.